The maximum absolute atomic E-state index is 13.2. The standard InChI is InChI=1S/C22H26FN7O3/c1-24-19-10-18(28-20-14(11-25-30(19)20)21(32)27-17-9-15(17)23)26-16-6-3-7-29(22(16)33)12-4-2-5-13(31)8-12/h3,6-7,10-13,15,17,24,31H,2,4-5,8-9H2,1H3,(H,26,28)(H,27,32)/t12-,13+,15?,17?/m0/s1. The van der Waals surface area contributed by atoms with Gasteiger partial charge in [-0.1, -0.05) is 0 Å². The Hall–Kier alpha value is -3.47. The summed E-state index contributed by atoms with van der Waals surface area (Å²) in [5.74, 6) is 0.470. The minimum absolute atomic E-state index is 0.0572. The lowest BCUT2D eigenvalue weighted by Gasteiger charge is -2.27. The lowest BCUT2D eigenvalue weighted by atomic mass is 9.93. The van der Waals surface area contributed by atoms with Crippen LogP contribution in [0.5, 0.6) is 0 Å². The number of nitrogens with one attached hydrogen (secondary N) is 3. The van der Waals surface area contributed by atoms with Crippen LogP contribution in [0.15, 0.2) is 35.4 Å². The molecule has 2 fully saturated rings. The maximum atomic E-state index is 13.2. The molecule has 4 atom stereocenters. The van der Waals surface area contributed by atoms with Crippen molar-refractivity contribution in [3.05, 3.63) is 46.5 Å². The molecule has 174 valence electrons. The minimum atomic E-state index is -1.01. The normalized spacial score (nSPS) is 24.5. The van der Waals surface area contributed by atoms with Crippen molar-refractivity contribution < 1.29 is 14.3 Å². The summed E-state index contributed by atoms with van der Waals surface area (Å²) < 4.78 is 16.4. The van der Waals surface area contributed by atoms with E-state index < -0.39 is 24.2 Å². The second kappa shape index (κ2) is 8.47. The molecule has 0 aromatic carbocycles. The molecule has 5 rings (SSSR count). The van der Waals surface area contributed by atoms with Crippen molar-refractivity contribution in [1.82, 2.24) is 24.5 Å². The smallest absolute Gasteiger partial charge is 0.274 e. The number of pyridine rings is 1. The second-order valence-electron chi connectivity index (χ2n) is 8.64. The molecule has 3 heterocycles. The lowest BCUT2D eigenvalue weighted by molar-refractivity contribution is 0.0948. The van der Waals surface area contributed by atoms with Crippen LogP contribution >= 0.6 is 0 Å². The summed E-state index contributed by atoms with van der Waals surface area (Å²) in [6, 6.07) is 4.60. The number of rotatable bonds is 6. The van der Waals surface area contributed by atoms with Gasteiger partial charge in [-0.25, -0.2) is 9.37 Å². The fourth-order valence-electron chi connectivity index (χ4n) is 4.35. The third-order valence-electron chi connectivity index (χ3n) is 6.25. The van der Waals surface area contributed by atoms with E-state index in [1.807, 2.05) is 0 Å². The van der Waals surface area contributed by atoms with Crippen LogP contribution in [0, 0.1) is 0 Å². The van der Waals surface area contributed by atoms with Crippen LogP contribution < -0.4 is 21.5 Å². The van der Waals surface area contributed by atoms with Crippen LogP contribution in [0.2, 0.25) is 0 Å². The van der Waals surface area contributed by atoms with Crippen molar-refractivity contribution in [2.75, 3.05) is 17.7 Å². The topological polar surface area (TPSA) is 126 Å². The van der Waals surface area contributed by atoms with Crippen LogP contribution in [0.1, 0.15) is 48.5 Å². The van der Waals surface area contributed by atoms with Crippen molar-refractivity contribution in [3.8, 4) is 0 Å². The zero-order chi connectivity index (χ0) is 23.1. The summed E-state index contributed by atoms with van der Waals surface area (Å²) in [6.45, 7) is 0. The molecule has 33 heavy (non-hydrogen) atoms. The number of amides is 1. The largest absolute Gasteiger partial charge is 0.393 e. The first-order valence-electron chi connectivity index (χ1n) is 11.1. The van der Waals surface area contributed by atoms with E-state index in [0.717, 1.165) is 19.3 Å². The Kier molecular flexibility index (Phi) is 5.49. The Morgan fingerprint density at radius 1 is 1.30 bits per heavy atom. The first kappa shape index (κ1) is 21.4. The number of aromatic nitrogens is 4. The average molecular weight is 455 g/mol. The van der Waals surface area contributed by atoms with Gasteiger partial charge in [0.15, 0.2) is 5.65 Å². The molecule has 1 amide bonds. The zero-order valence-corrected chi connectivity index (χ0v) is 18.2. The molecule has 2 unspecified atom stereocenters. The fraction of sp³-hybridized carbons (Fsp3) is 0.455. The van der Waals surface area contributed by atoms with Gasteiger partial charge in [0.2, 0.25) is 0 Å². The lowest BCUT2D eigenvalue weighted by Crippen LogP contribution is -2.30. The van der Waals surface area contributed by atoms with Crippen molar-refractivity contribution in [2.24, 2.45) is 0 Å². The molecule has 0 saturated heterocycles. The summed E-state index contributed by atoms with van der Waals surface area (Å²) in [6.07, 6.45) is 5.04. The Morgan fingerprint density at radius 2 is 2.12 bits per heavy atom. The van der Waals surface area contributed by atoms with Gasteiger partial charge < -0.3 is 25.6 Å². The third-order valence-corrected chi connectivity index (χ3v) is 6.25. The van der Waals surface area contributed by atoms with Crippen molar-refractivity contribution in [3.63, 3.8) is 0 Å². The number of anilines is 3. The van der Waals surface area contributed by atoms with Gasteiger partial charge in [-0.2, -0.15) is 9.61 Å². The van der Waals surface area contributed by atoms with Crippen LogP contribution in [-0.4, -0.2) is 55.5 Å². The minimum Gasteiger partial charge on any atom is -0.393 e. The molecule has 2 aliphatic rings. The maximum Gasteiger partial charge on any atom is 0.274 e. The van der Waals surface area contributed by atoms with Gasteiger partial charge in [-0.15, -0.1) is 0 Å². The summed E-state index contributed by atoms with van der Waals surface area (Å²) in [5, 5.41) is 22.9. The highest BCUT2D eigenvalue weighted by molar-refractivity contribution is 6.00. The number of halogens is 1. The van der Waals surface area contributed by atoms with E-state index in [9.17, 15) is 19.1 Å². The average Bonchev–Trinajstić information content (AvgIpc) is 3.31. The highest BCUT2D eigenvalue weighted by Crippen LogP contribution is 2.28. The quantitative estimate of drug-likeness (QED) is 0.448. The Bertz CT molecular complexity index is 1260. The monoisotopic (exact) mass is 455 g/mol. The van der Waals surface area contributed by atoms with E-state index >= 15 is 0 Å². The van der Waals surface area contributed by atoms with Crippen LogP contribution in [0.4, 0.5) is 21.7 Å². The molecule has 4 N–H and O–H groups in total. The highest BCUT2D eigenvalue weighted by atomic mass is 19.1. The number of nitrogens with zero attached hydrogens (tertiary/aromatic N) is 4. The van der Waals surface area contributed by atoms with Gasteiger partial charge >= 0.3 is 0 Å². The number of aliphatic hydroxyl groups is 1. The first-order valence-corrected chi connectivity index (χ1v) is 11.1. The molecule has 11 heteroatoms. The van der Waals surface area contributed by atoms with E-state index in [0.29, 0.717) is 30.2 Å². The van der Waals surface area contributed by atoms with Crippen LogP contribution in [0.3, 0.4) is 0 Å². The van der Waals surface area contributed by atoms with Gasteiger partial charge in [-0.05, 0) is 37.8 Å². The number of fused-ring (bicyclic) bond motifs is 1. The Morgan fingerprint density at radius 3 is 2.85 bits per heavy atom. The van der Waals surface area contributed by atoms with Crippen molar-refractivity contribution >= 4 is 28.9 Å². The molecular formula is C22H26FN7O3. The predicted molar refractivity (Wildman–Crippen MR) is 121 cm³/mol. The number of alkyl halides is 1. The molecule has 3 aromatic heterocycles. The van der Waals surface area contributed by atoms with Crippen molar-refractivity contribution in [1.29, 1.82) is 0 Å². The van der Waals surface area contributed by atoms with E-state index in [1.165, 1.54) is 10.7 Å². The van der Waals surface area contributed by atoms with Gasteiger partial charge in [0.1, 0.15) is 29.1 Å². The number of hydrogen-bond acceptors (Lipinski definition) is 7. The van der Waals surface area contributed by atoms with Crippen molar-refractivity contribution in [2.45, 2.75) is 56.5 Å². The molecular weight excluding hydrogens is 429 g/mol. The van der Waals surface area contributed by atoms with Gasteiger partial charge in [0.25, 0.3) is 11.5 Å². The number of aliphatic hydroxyl groups excluding tert-OH is 1. The SMILES string of the molecule is CNc1cc(Nc2cccn([C@H]3CCC[C@@H](O)C3)c2=O)nc2c(C(=O)NC3CC3F)cnn12. The molecule has 10 nitrogen and oxygen atoms in total. The van der Waals surface area contributed by atoms with E-state index in [2.05, 4.69) is 26.0 Å². The molecule has 2 saturated carbocycles. The molecule has 0 radical (unpaired) electrons. The molecule has 0 aliphatic heterocycles. The van der Waals surface area contributed by atoms with E-state index in [-0.39, 0.29) is 22.8 Å². The number of carbonyl (C=O) groups excluding carboxylic acids is 1. The Balaban J connectivity index is 1.46. The van der Waals surface area contributed by atoms with E-state index in [4.69, 9.17) is 0 Å². The second-order valence-corrected chi connectivity index (χ2v) is 8.64. The number of carbonyl (C=O) groups is 1. The van der Waals surface area contributed by atoms with Gasteiger partial charge in [-0.3, -0.25) is 9.59 Å². The van der Waals surface area contributed by atoms with Crippen LogP contribution in [0.25, 0.3) is 5.65 Å². The fourth-order valence-corrected chi connectivity index (χ4v) is 4.35. The summed E-state index contributed by atoms with van der Waals surface area (Å²) in [4.78, 5) is 30.2. The van der Waals surface area contributed by atoms with E-state index in [1.54, 1.807) is 36.0 Å². The molecule has 2 aliphatic carbocycles. The van der Waals surface area contributed by atoms with Gasteiger partial charge in [0.05, 0.1) is 18.3 Å². The summed E-state index contributed by atoms with van der Waals surface area (Å²) >= 11 is 0. The first-order chi connectivity index (χ1) is 15.9. The zero-order valence-electron chi connectivity index (χ0n) is 18.2. The van der Waals surface area contributed by atoms with Crippen LogP contribution in [-0.2, 0) is 0 Å². The summed E-state index contributed by atoms with van der Waals surface area (Å²) in [5.41, 5.74) is 0.624. The summed E-state index contributed by atoms with van der Waals surface area (Å²) in [7, 11) is 1.71. The predicted octanol–water partition coefficient (Wildman–Crippen LogP) is 1.99. The Labute approximate surface area is 188 Å². The third kappa shape index (κ3) is 4.15. The van der Waals surface area contributed by atoms with Gasteiger partial charge in [0, 0.05) is 31.8 Å². The molecule has 3 aromatic rings. The molecule has 0 spiro atoms. The number of hydrogen-bond donors (Lipinski definition) is 4. The molecule has 0 bridgehead atoms. The highest BCUT2D eigenvalue weighted by Gasteiger charge is 2.39.